The second-order valence-electron chi connectivity index (χ2n) is 6.83. The first-order chi connectivity index (χ1) is 14.9. The summed E-state index contributed by atoms with van der Waals surface area (Å²) in [4.78, 5) is 14.8. The molecule has 0 unspecified atom stereocenters. The van der Waals surface area contributed by atoms with Crippen molar-refractivity contribution in [3.63, 3.8) is 0 Å². The Bertz CT molecular complexity index is 1090. The molecule has 2 aromatic carbocycles. The second-order valence-corrected chi connectivity index (χ2v) is 6.83. The SMILES string of the molecule is CCOC(=O)Cc1c[nH]c2cc(OCCCC#Cc3ccc(C(F)(F)F)cc3)ccc12. The maximum Gasteiger partial charge on any atom is 0.416 e. The third kappa shape index (κ3) is 6.29. The minimum Gasteiger partial charge on any atom is -0.493 e. The first kappa shape index (κ1) is 22.3. The summed E-state index contributed by atoms with van der Waals surface area (Å²) >= 11 is 0. The summed E-state index contributed by atoms with van der Waals surface area (Å²) in [7, 11) is 0. The lowest BCUT2D eigenvalue weighted by atomic mass is 10.1. The summed E-state index contributed by atoms with van der Waals surface area (Å²) in [6, 6.07) is 10.4. The van der Waals surface area contributed by atoms with Gasteiger partial charge in [-0.05, 0) is 55.3 Å². The van der Waals surface area contributed by atoms with Crippen LogP contribution in [0.15, 0.2) is 48.7 Å². The van der Waals surface area contributed by atoms with Gasteiger partial charge in [0.25, 0.3) is 0 Å². The van der Waals surface area contributed by atoms with Crippen LogP contribution in [0.1, 0.15) is 36.5 Å². The second kappa shape index (κ2) is 10.1. The first-order valence-electron chi connectivity index (χ1n) is 9.91. The number of aromatic amines is 1. The summed E-state index contributed by atoms with van der Waals surface area (Å²) in [6.45, 7) is 2.59. The van der Waals surface area contributed by atoms with Gasteiger partial charge in [-0.1, -0.05) is 11.8 Å². The number of carbonyl (C=O) groups is 1. The average Bonchev–Trinajstić information content (AvgIpc) is 3.12. The zero-order chi connectivity index (χ0) is 22.3. The van der Waals surface area contributed by atoms with Crippen molar-refractivity contribution in [2.45, 2.75) is 32.4 Å². The fourth-order valence-electron chi connectivity index (χ4n) is 3.03. The highest BCUT2D eigenvalue weighted by atomic mass is 19.4. The molecule has 162 valence electrons. The molecule has 0 fully saturated rings. The Morgan fingerprint density at radius 1 is 1.13 bits per heavy atom. The quantitative estimate of drug-likeness (QED) is 0.306. The van der Waals surface area contributed by atoms with Gasteiger partial charge in [-0.2, -0.15) is 13.2 Å². The molecule has 3 rings (SSSR count). The summed E-state index contributed by atoms with van der Waals surface area (Å²) < 4.78 is 48.4. The summed E-state index contributed by atoms with van der Waals surface area (Å²) in [5.74, 6) is 6.24. The Kier molecular flexibility index (Phi) is 7.24. The van der Waals surface area contributed by atoms with E-state index in [0.29, 0.717) is 37.4 Å². The molecule has 0 bridgehead atoms. The highest BCUT2D eigenvalue weighted by molar-refractivity contribution is 5.88. The van der Waals surface area contributed by atoms with E-state index in [1.165, 1.54) is 12.1 Å². The number of H-pyrrole nitrogens is 1. The van der Waals surface area contributed by atoms with Crippen molar-refractivity contribution in [3.05, 3.63) is 65.4 Å². The van der Waals surface area contributed by atoms with Gasteiger partial charge in [-0.15, -0.1) is 0 Å². The number of hydrogen-bond donors (Lipinski definition) is 1. The largest absolute Gasteiger partial charge is 0.493 e. The lowest BCUT2D eigenvalue weighted by molar-refractivity contribution is -0.142. The molecule has 4 nitrogen and oxygen atoms in total. The topological polar surface area (TPSA) is 51.3 Å². The summed E-state index contributed by atoms with van der Waals surface area (Å²) in [5, 5.41) is 0.947. The molecule has 7 heteroatoms. The Morgan fingerprint density at radius 3 is 2.61 bits per heavy atom. The van der Waals surface area contributed by atoms with E-state index in [1.807, 2.05) is 18.2 Å². The van der Waals surface area contributed by atoms with Crippen LogP contribution in [0.5, 0.6) is 5.75 Å². The average molecular weight is 429 g/mol. The van der Waals surface area contributed by atoms with Gasteiger partial charge in [0.15, 0.2) is 0 Å². The maximum atomic E-state index is 12.5. The molecule has 0 saturated heterocycles. The number of unbranched alkanes of at least 4 members (excludes halogenated alkanes) is 1. The fourth-order valence-corrected chi connectivity index (χ4v) is 3.03. The standard InChI is InChI=1S/C24H22F3NO3/c1-2-30-23(29)14-18-16-28-22-15-20(11-12-21(18)22)31-13-5-3-4-6-17-7-9-19(10-8-17)24(25,26)27/h7-12,15-16,28H,2-3,5,13-14H2,1H3. The third-order valence-electron chi connectivity index (χ3n) is 4.54. The lowest BCUT2D eigenvalue weighted by Crippen LogP contribution is -2.06. The van der Waals surface area contributed by atoms with Crippen LogP contribution in [-0.4, -0.2) is 24.2 Å². The molecule has 0 radical (unpaired) electrons. The highest BCUT2D eigenvalue weighted by Gasteiger charge is 2.29. The van der Waals surface area contributed by atoms with Crippen LogP contribution in [0.2, 0.25) is 0 Å². The van der Waals surface area contributed by atoms with Gasteiger partial charge in [0.2, 0.25) is 0 Å². The first-order valence-corrected chi connectivity index (χ1v) is 9.91. The molecular formula is C24H22F3NO3. The molecule has 3 aromatic rings. The molecule has 0 amide bonds. The number of nitrogens with one attached hydrogen (secondary N) is 1. The number of esters is 1. The zero-order valence-corrected chi connectivity index (χ0v) is 17.0. The van der Waals surface area contributed by atoms with Crippen molar-refractivity contribution in [1.29, 1.82) is 0 Å². The van der Waals surface area contributed by atoms with Crippen LogP contribution >= 0.6 is 0 Å². The molecule has 0 aliphatic carbocycles. The molecule has 0 aliphatic heterocycles. The predicted octanol–water partition coefficient (Wildman–Crippen LogP) is 5.50. The van der Waals surface area contributed by atoms with Crippen LogP contribution in [0.3, 0.4) is 0 Å². The molecule has 31 heavy (non-hydrogen) atoms. The molecule has 0 atom stereocenters. The van der Waals surface area contributed by atoms with Crippen molar-refractivity contribution >= 4 is 16.9 Å². The van der Waals surface area contributed by atoms with Gasteiger partial charge in [0.1, 0.15) is 5.75 Å². The van der Waals surface area contributed by atoms with Crippen LogP contribution in [0.25, 0.3) is 10.9 Å². The van der Waals surface area contributed by atoms with E-state index in [4.69, 9.17) is 9.47 Å². The van der Waals surface area contributed by atoms with Crippen LogP contribution in [-0.2, 0) is 22.1 Å². The number of aromatic nitrogens is 1. The number of ether oxygens (including phenoxy) is 2. The van der Waals surface area contributed by atoms with Gasteiger partial charge in [0, 0.05) is 35.2 Å². The van der Waals surface area contributed by atoms with Crippen molar-refractivity contribution in [1.82, 2.24) is 4.98 Å². The summed E-state index contributed by atoms with van der Waals surface area (Å²) in [6.07, 6.45) is -1.08. The number of carbonyl (C=O) groups excluding carboxylic acids is 1. The molecule has 1 heterocycles. The minimum atomic E-state index is -4.34. The van der Waals surface area contributed by atoms with E-state index in [0.717, 1.165) is 28.6 Å². The molecule has 0 saturated carbocycles. The third-order valence-corrected chi connectivity index (χ3v) is 4.54. The van der Waals surface area contributed by atoms with Crippen molar-refractivity contribution in [3.8, 4) is 17.6 Å². The van der Waals surface area contributed by atoms with Crippen molar-refractivity contribution in [2.24, 2.45) is 0 Å². The number of rotatable bonds is 7. The number of benzene rings is 2. The van der Waals surface area contributed by atoms with Gasteiger partial charge in [-0.25, -0.2) is 0 Å². The number of alkyl halides is 3. The zero-order valence-electron chi connectivity index (χ0n) is 17.0. The minimum absolute atomic E-state index is 0.214. The molecule has 0 spiro atoms. The number of fused-ring (bicyclic) bond motifs is 1. The smallest absolute Gasteiger partial charge is 0.416 e. The predicted molar refractivity (Wildman–Crippen MR) is 112 cm³/mol. The number of hydrogen-bond acceptors (Lipinski definition) is 3. The van der Waals surface area contributed by atoms with Gasteiger partial charge in [0.05, 0.1) is 25.2 Å². The van der Waals surface area contributed by atoms with E-state index in [9.17, 15) is 18.0 Å². The Morgan fingerprint density at radius 2 is 1.90 bits per heavy atom. The van der Waals surface area contributed by atoms with Crippen LogP contribution in [0, 0.1) is 11.8 Å². The Hall–Kier alpha value is -3.40. The van der Waals surface area contributed by atoms with E-state index < -0.39 is 11.7 Å². The molecule has 0 aliphatic rings. The highest BCUT2D eigenvalue weighted by Crippen LogP contribution is 2.29. The molecular weight excluding hydrogens is 407 g/mol. The van der Waals surface area contributed by atoms with E-state index in [2.05, 4.69) is 16.8 Å². The number of halogens is 3. The molecule has 1 N–H and O–H groups in total. The monoisotopic (exact) mass is 429 g/mol. The van der Waals surface area contributed by atoms with Crippen LogP contribution in [0.4, 0.5) is 13.2 Å². The van der Waals surface area contributed by atoms with Crippen LogP contribution < -0.4 is 4.74 Å². The van der Waals surface area contributed by atoms with Crippen molar-refractivity contribution in [2.75, 3.05) is 13.2 Å². The van der Waals surface area contributed by atoms with E-state index >= 15 is 0 Å². The van der Waals surface area contributed by atoms with E-state index in [1.54, 1.807) is 13.1 Å². The Balaban J connectivity index is 1.47. The molecule has 1 aromatic heterocycles. The van der Waals surface area contributed by atoms with Gasteiger partial charge in [-0.3, -0.25) is 4.79 Å². The Labute approximate surface area is 178 Å². The van der Waals surface area contributed by atoms with Gasteiger partial charge < -0.3 is 14.5 Å². The van der Waals surface area contributed by atoms with E-state index in [-0.39, 0.29) is 12.4 Å². The fraction of sp³-hybridized carbons (Fsp3) is 0.292. The van der Waals surface area contributed by atoms with Crippen molar-refractivity contribution < 1.29 is 27.4 Å². The normalized spacial score (nSPS) is 11.1. The summed E-state index contributed by atoms with van der Waals surface area (Å²) in [5.41, 5.74) is 1.61. The maximum absolute atomic E-state index is 12.5. The van der Waals surface area contributed by atoms with Gasteiger partial charge >= 0.3 is 12.1 Å². The lowest BCUT2D eigenvalue weighted by Gasteiger charge is -2.06.